The molecule has 8 nitrogen and oxygen atoms in total. The highest BCUT2D eigenvalue weighted by atomic mass is 35.5. The molecule has 1 unspecified atom stereocenters. The molecule has 1 heterocycles. The van der Waals surface area contributed by atoms with Crippen LogP contribution in [-0.2, 0) is 14.8 Å². The summed E-state index contributed by atoms with van der Waals surface area (Å²) in [5, 5.41) is 19.5. The molecule has 0 aliphatic heterocycles. The van der Waals surface area contributed by atoms with Crippen molar-refractivity contribution in [2.45, 2.75) is 11.2 Å². The number of rotatable bonds is 6. The number of aromatic hydroxyl groups is 1. The zero-order valence-corrected chi connectivity index (χ0v) is 20.0. The highest BCUT2D eigenvalue weighted by Crippen LogP contribution is 2.47. The Hall–Kier alpha value is -2.85. The fourth-order valence-electron chi connectivity index (χ4n) is 3.79. The number of ether oxygens (including phenoxy) is 1. The summed E-state index contributed by atoms with van der Waals surface area (Å²) >= 11 is 12.6. The number of benzene rings is 2. The van der Waals surface area contributed by atoms with Crippen LogP contribution >= 0.6 is 23.2 Å². The monoisotopic (exact) mass is 506 g/mol. The first-order chi connectivity index (χ1) is 15.7. The van der Waals surface area contributed by atoms with Gasteiger partial charge in [-0.25, -0.2) is 13.1 Å². The van der Waals surface area contributed by atoms with Crippen molar-refractivity contribution in [1.29, 1.82) is 0 Å². The lowest BCUT2D eigenvalue weighted by molar-refractivity contribution is 0.416. The Labute approximate surface area is 200 Å². The van der Waals surface area contributed by atoms with Crippen LogP contribution in [0.4, 0.5) is 11.4 Å². The van der Waals surface area contributed by atoms with Gasteiger partial charge in [-0.1, -0.05) is 59.6 Å². The molecule has 0 saturated carbocycles. The van der Waals surface area contributed by atoms with Crippen LogP contribution in [0.25, 0.3) is 10.9 Å². The minimum Gasteiger partial charge on any atom is -0.494 e. The van der Waals surface area contributed by atoms with E-state index < -0.39 is 14.8 Å². The Bertz CT molecular complexity index is 1410. The standard InChI is InChI=1S/C22H20Cl2N4O4S/c1-25-33(30,31)22(10-4-3-5-11-22)13-6-8-14(9-7-13)27-28-19-17-16(26-21(19)29)12-15(23)20(32-2)18(17)24/h3-10,12,25-26,29H,11H2,1-2H3. The lowest BCUT2D eigenvalue weighted by Gasteiger charge is -2.31. The zero-order chi connectivity index (χ0) is 23.8. The Kier molecular flexibility index (Phi) is 6.24. The molecule has 11 heteroatoms. The highest BCUT2D eigenvalue weighted by molar-refractivity contribution is 7.90. The maximum atomic E-state index is 12.8. The van der Waals surface area contributed by atoms with E-state index in [4.69, 9.17) is 27.9 Å². The van der Waals surface area contributed by atoms with E-state index in [-0.39, 0.29) is 27.4 Å². The minimum atomic E-state index is -3.66. The van der Waals surface area contributed by atoms with Gasteiger partial charge < -0.3 is 14.8 Å². The molecule has 3 aromatic rings. The summed E-state index contributed by atoms with van der Waals surface area (Å²) in [5.41, 5.74) is 1.65. The predicted octanol–water partition coefficient (Wildman–Crippen LogP) is 5.86. The Morgan fingerprint density at radius 3 is 2.52 bits per heavy atom. The number of halogens is 2. The van der Waals surface area contributed by atoms with E-state index in [1.54, 1.807) is 42.5 Å². The van der Waals surface area contributed by atoms with Gasteiger partial charge in [-0.15, -0.1) is 5.11 Å². The fourth-order valence-corrected chi connectivity index (χ4v) is 5.87. The maximum absolute atomic E-state index is 12.8. The molecule has 1 aliphatic rings. The van der Waals surface area contributed by atoms with Gasteiger partial charge in [-0.3, -0.25) is 0 Å². The highest BCUT2D eigenvalue weighted by Gasteiger charge is 2.42. The normalized spacial score (nSPS) is 18.4. The molecule has 0 saturated heterocycles. The molecule has 1 aliphatic carbocycles. The quantitative estimate of drug-likeness (QED) is 0.362. The Morgan fingerprint density at radius 1 is 1.18 bits per heavy atom. The van der Waals surface area contributed by atoms with Crippen molar-refractivity contribution in [3.05, 3.63) is 70.2 Å². The van der Waals surface area contributed by atoms with Gasteiger partial charge in [0.15, 0.2) is 11.4 Å². The smallest absolute Gasteiger partial charge is 0.225 e. The number of H-pyrrole nitrogens is 1. The van der Waals surface area contributed by atoms with Crippen LogP contribution < -0.4 is 9.46 Å². The molecule has 0 fully saturated rings. The third-order valence-electron chi connectivity index (χ3n) is 5.50. The topological polar surface area (TPSA) is 116 Å². The number of azo groups is 1. The van der Waals surface area contributed by atoms with Crippen molar-refractivity contribution in [2.24, 2.45) is 10.2 Å². The van der Waals surface area contributed by atoms with Gasteiger partial charge in [0.1, 0.15) is 4.75 Å². The predicted molar refractivity (Wildman–Crippen MR) is 130 cm³/mol. The number of fused-ring (bicyclic) bond motifs is 1. The van der Waals surface area contributed by atoms with Crippen molar-refractivity contribution >= 4 is 55.5 Å². The van der Waals surface area contributed by atoms with Crippen molar-refractivity contribution in [2.75, 3.05) is 14.2 Å². The number of nitrogens with zero attached hydrogens (tertiary/aromatic N) is 2. The molecule has 0 amide bonds. The third kappa shape index (κ3) is 3.91. The van der Waals surface area contributed by atoms with Gasteiger partial charge in [0.05, 0.1) is 33.7 Å². The molecule has 2 aromatic carbocycles. The van der Waals surface area contributed by atoms with Gasteiger partial charge >= 0.3 is 0 Å². The van der Waals surface area contributed by atoms with E-state index in [0.29, 0.717) is 28.6 Å². The first-order valence-electron chi connectivity index (χ1n) is 9.80. The van der Waals surface area contributed by atoms with Crippen LogP contribution in [0.15, 0.2) is 64.9 Å². The SMILES string of the molecule is CNS(=O)(=O)C1(c2ccc(N=Nc3c(O)[nH]c4cc(Cl)c(OC)c(Cl)c34)cc2)C=CC=CC1. The van der Waals surface area contributed by atoms with Gasteiger partial charge in [0, 0.05) is 0 Å². The summed E-state index contributed by atoms with van der Waals surface area (Å²) in [7, 11) is -0.825. The number of aromatic nitrogens is 1. The van der Waals surface area contributed by atoms with E-state index in [2.05, 4.69) is 19.9 Å². The second-order valence-electron chi connectivity index (χ2n) is 7.29. The number of hydrogen-bond donors (Lipinski definition) is 3. The Morgan fingerprint density at radius 2 is 1.91 bits per heavy atom. The molecule has 1 aromatic heterocycles. The molecule has 4 rings (SSSR count). The third-order valence-corrected chi connectivity index (χ3v) is 8.17. The van der Waals surface area contributed by atoms with E-state index in [0.717, 1.165) is 0 Å². The van der Waals surface area contributed by atoms with Crippen LogP contribution in [0, 0.1) is 0 Å². The van der Waals surface area contributed by atoms with Crippen molar-refractivity contribution < 1.29 is 18.3 Å². The van der Waals surface area contributed by atoms with Crippen LogP contribution in [0.5, 0.6) is 11.6 Å². The fraction of sp³-hybridized carbons (Fsp3) is 0.182. The summed E-state index contributed by atoms with van der Waals surface area (Å²) in [4.78, 5) is 2.77. The number of aromatic amines is 1. The van der Waals surface area contributed by atoms with Gasteiger partial charge in [0.25, 0.3) is 0 Å². The average Bonchev–Trinajstić information content (AvgIpc) is 3.13. The lowest BCUT2D eigenvalue weighted by Crippen LogP contribution is -2.41. The zero-order valence-electron chi connectivity index (χ0n) is 17.6. The van der Waals surface area contributed by atoms with Crippen molar-refractivity contribution in [1.82, 2.24) is 9.71 Å². The molecule has 0 spiro atoms. The second kappa shape index (κ2) is 8.83. The number of methoxy groups -OCH3 is 1. The first kappa shape index (κ1) is 23.3. The van der Waals surface area contributed by atoms with Crippen LogP contribution in [0.1, 0.15) is 12.0 Å². The van der Waals surface area contributed by atoms with Crippen molar-refractivity contribution in [3.8, 4) is 11.6 Å². The van der Waals surface area contributed by atoms with E-state index in [1.807, 2.05) is 12.2 Å². The minimum absolute atomic E-state index is 0.128. The summed E-state index contributed by atoms with van der Waals surface area (Å²) in [6, 6.07) is 8.27. The van der Waals surface area contributed by atoms with E-state index >= 15 is 0 Å². The number of nitrogens with one attached hydrogen (secondary N) is 2. The molecular formula is C22H20Cl2N4O4S. The molecule has 0 bridgehead atoms. The molecule has 1 atom stereocenters. The van der Waals surface area contributed by atoms with Crippen LogP contribution in [-0.4, -0.2) is 32.7 Å². The van der Waals surface area contributed by atoms with Gasteiger partial charge in [-0.05, 0) is 37.2 Å². The maximum Gasteiger partial charge on any atom is 0.225 e. The van der Waals surface area contributed by atoms with Crippen LogP contribution in [0.2, 0.25) is 10.0 Å². The summed E-state index contributed by atoms with van der Waals surface area (Å²) < 4.78 is 32.1. The molecular weight excluding hydrogens is 487 g/mol. The first-order valence-corrected chi connectivity index (χ1v) is 12.0. The summed E-state index contributed by atoms with van der Waals surface area (Å²) in [6.07, 6.45) is 7.31. The van der Waals surface area contributed by atoms with E-state index in [1.165, 1.54) is 14.2 Å². The molecule has 33 heavy (non-hydrogen) atoms. The number of sulfonamides is 1. The van der Waals surface area contributed by atoms with Gasteiger partial charge in [-0.2, -0.15) is 5.11 Å². The number of hydrogen-bond acceptors (Lipinski definition) is 6. The van der Waals surface area contributed by atoms with Gasteiger partial charge in [0.2, 0.25) is 15.9 Å². The lowest BCUT2D eigenvalue weighted by atomic mass is 9.91. The van der Waals surface area contributed by atoms with Crippen LogP contribution in [0.3, 0.4) is 0 Å². The summed E-state index contributed by atoms with van der Waals surface area (Å²) in [6.45, 7) is 0. The Balaban J connectivity index is 1.71. The average molecular weight is 507 g/mol. The largest absolute Gasteiger partial charge is 0.494 e. The molecule has 0 radical (unpaired) electrons. The molecule has 3 N–H and O–H groups in total. The second-order valence-corrected chi connectivity index (χ2v) is 10.2. The molecule has 172 valence electrons. The van der Waals surface area contributed by atoms with E-state index in [9.17, 15) is 13.5 Å². The van der Waals surface area contributed by atoms with Crippen molar-refractivity contribution in [3.63, 3.8) is 0 Å². The number of allylic oxidation sites excluding steroid dienone is 3. The summed E-state index contributed by atoms with van der Waals surface area (Å²) in [5.74, 6) is 0.0334.